The van der Waals surface area contributed by atoms with Gasteiger partial charge in [0.25, 0.3) is 0 Å². The van der Waals surface area contributed by atoms with E-state index in [4.69, 9.17) is 0 Å². The molecule has 0 unspecified atom stereocenters. The summed E-state index contributed by atoms with van der Waals surface area (Å²) in [5.41, 5.74) is -1.36. The Balaban J connectivity index is 1.55. The topological polar surface area (TPSA) is 190 Å². The first-order valence-electron chi connectivity index (χ1n) is 8.92. The molecule has 4 rings (SSSR count). The number of aromatic nitrogens is 6. The number of nitrogens with zero attached hydrogens (tertiary/aromatic N) is 6. The molecule has 2 aromatic rings. The lowest BCUT2D eigenvalue weighted by Gasteiger charge is -2.35. The van der Waals surface area contributed by atoms with E-state index in [-0.39, 0.29) is 23.9 Å². The average molecular weight is 471 g/mol. The van der Waals surface area contributed by atoms with Gasteiger partial charge in [0.15, 0.2) is 21.0 Å². The summed E-state index contributed by atoms with van der Waals surface area (Å²) in [6.07, 6.45) is 1.22. The number of aryl methyl sites for hydroxylation is 1. The van der Waals surface area contributed by atoms with E-state index in [1.165, 1.54) is 29.5 Å². The Kier molecular flexibility index (Phi) is 4.80. The Morgan fingerprint density at radius 3 is 2.74 bits per heavy atom. The van der Waals surface area contributed by atoms with Crippen LogP contribution < -0.4 is 11.1 Å². The molecule has 2 aromatic heterocycles. The van der Waals surface area contributed by atoms with Crippen molar-refractivity contribution < 1.29 is 23.1 Å². The number of H-pyrrole nitrogens is 1. The smallest absolute Gasteiger partial charge is 0.339 e. The molecule has 16 heteroatoms. The highest BCUT2D eigenvalue weighted by molar-refractivity contribution is 7.98. The summed E-state index contributed by atoms with van der Waals surface area (Å²) < 4.78 is 26.6. The third-order valence-corrected chi connectivity index (χ3v) is 9.23. The summed E-state index contributed by atoms with van der Waals surface area (Å²) in [4.78, 5) is 50.9. The second kappa shape index (κ2) is 7.01. The van der Waals surface area contributed by atoms with Crippen LogP contribution >= 0.6 is 11.8 Å². The van der Waals surface area contributed by atoms with Crippen molar-refractivity contribution in [1.82, 2.24) is 34.7 Å². The zero-order valence-corrected chi connectivity index (χ0v) is 17.9. The number of hydrogen-bond acceptors (Lipinski definition) is 10. The molecule has 0 spiro atoms. The number of carboxylic acids is 1. The molecule has 0 aliphatic carbocycles. The predicted molar refractivity (Wildman–Crippen MR) is 104 cm³/mol. The fourth-order valence-corrected chi connectivity index (χ4v) is 6.98. The highest BCUT2D eigenvalue weighted by atomic mass is 32.2. The van der Waals surface area contributed by atoms with Crippen molar-refractivity contribution >= 4 is 33.5 Å². The first-order chi connectivity index (χ1) is 14.5. The normalized spacial score (nSPS) is 26.5. The number of thioether (sulfide) groups is 1. The van der Waals surface area contributed by atoms with E-state index in [0.29, 0.717) is 5.69 Å². The summed E-state index contributed by atoms with van der Waals surface area (Å²) in [6.45, 7) is 0.989. The molecule has 0 saturated carbocycles. The van der Waals surface area contributed by atoms with E-state index in [0.717, 1.165) is 16.7 Å². The van der Waals surface area contributed by atoms with Gasteiger partial charge in [0.05, 0.1) is 18.7 Å². The summed E-state index contributed by atoms with van der Waals surface area (Å²) in [5.74, 6) is -1.72. The van der Waals surface area contributed by atoms with Gasteiger partial charge in [0.1, 0.15) is 10.1 Å². The molecule has 0 aromatic carbocycles. The fourth-order valence-electron chi connectivity index (χ4n) is 3.82. The molecule has 0 radical (unpaired) electrons. The van der Waals surface area contributed by atoms with Gasteiger partial charge in [-0.3, -0.25) is 28.8 Å². The Morgan fingerprint density at radius 1 is 1.39 bits per heavy atom. The SMILES string of the molecule is Cn1[nH]c(=O)c(=O)nc1SCc1cn(C[C@@]2(C)[C@H](C(=O)O)N3C(=O)C[C@H]3S2(=O)=O)nn1. The van der Waals surface area contributed by atoms with Gasteiger partial charge in [-0.25, -0.2) is 13.2 Å². The zero-order chi connectivity index (χ0) is 22.7. The van der Waals surface area contributed by atoms with Gasteiger partial charge in [0, 0.05) is 19.0 Å². The van der Waals surface area contributed by atoms with Gasteiger partial charge in [-0.15, -0.1) is 5.10 Å². The molecular weight excluding hydrogens is 454 g/mol. The lowest BCUT2D eigenvalue weighted by Crippen LogP contribution is -2.58. The first kappa shape index (κ1) is 21.2. The number of aliphatic carboxylic acids is 1. The van der Waals surface area contributed by atoms with Gasteiger partial charge in [-0.05, 0) is 6.92 Å². The molecule has 2 N–H and O–H groups in total. The molecule has 1 amide bonds. The quantitative estimate of drug-likeness (QED) is 0.258. The van der Waals surface area contributed by atoms with Crippen LogP contribution in [0.4, 0.5) is 0 Å². The predicted octanol–water partition coefficient (Wildman–Crippen LogP) is -2.45. The maximum atomic E-state index is 13.0. The number of nitrogens with one attached hydrogen (secondary N) is 1. The van der Waals surface area contributed by atoms with E-state index in [1.54, 1.807) is 0 Å². The lowest BCUT2D eigenvalue weighted by molar-refractivity contribution is -0.157. The van der Waals surface area contributed by atoms with Gasteiger partial charge < -0.3 is 10.0 Å². The number of hydrogen-bond donors (Lipinski definition) is 2. The van der Waals surface area contributed by atoms with Gasteiger partial charge >= 0.3 is 17.1 Å². The third kappa shape index (κ3) is 3.16. The van der Waals surface area contributed by atoms with Crippen LogP contribution in [-0.4, -0.2) is 76.2 Å². The number of carboxylic acid groups (broad SMARTS) is 1. The molecule has 2 fully saturated rings. The van der Waals surface area contributed by atoms with Crippen LogP contribution in [0.1, 0.15) is 19.0 Å². The summed E-state index contributed by atoms with van der Waals surface area (Å²) >= 11 is 1.10. The Labute approximate surface area is 178 Å². The molecule has 4 heterocycles. The zero-order valence-electron chi connectivity index (χ0n) is 16.2. The highest BCUT2D eigenvalue weighted by Crippen LogP contribution is 2.46. The van der Waals surface area contributed by atoms with Crippen molar-refractivity contribution in [3.63, 3.8) is 0 Å². The third-order valence-electron chi connectivity index (χ3n) is 5.40. The minimum atomic E-state index is -3.96. The Hall–Kier alpha value is -3.01. The number of sulfone groups is 1. The van der Waals surface area contributed by atoms with Crippen molar-refractivity contribution in [2.45, 2.75) is 47.0 Å². The minimum absolute atomic E-state index is 0.200. The van der Waals surface area contributed by atoms with Crippen LogP contribution in [0.15, 0.2) is 20.9 Å². The largest absolute Gasteiger partial charge is 0.480 e. The lowest BCUT2D eigenvalue weighted by atomic mass is 9.96. The van der Waals surface area contributed by atoms with Crippen LogP contribution in [0.3, 0.4) is 0 Å². The van der Waals surface area contributed by atoms with E-state index in [2.05, 4.69) is 20.4 Å². The van der Waals surface area contributed by atoms with E-state index in [9.17, 15) is 32.7 Å². The molecule has 166 valence electrons. The van der Waals surface area contributed by atoms with Crippen molar-refractivity contribution in [2.24, 2.45) is 7.05 Å². The Morgan fingerprint density at radius 2 is 2.10 bits per heavy atom. The van der Waals surface area contributed by atoms with Crippen molar-refractivity contribution in [3.8, 4) is 0 Å². The Bertz CT molecular complexity index is 1310. The van der Waals surface area contributed by atoms with Crippen LogP contribution in [0.2, 0.25) is 0 Å². The number of β-lactam (4-membered cyclic amide) rings is 1. The second-order valence-electron chi connectivity index (χ2n) is 7.45. The number of fused-ring (bicyclic) bond motifs is 1. The van der Waals surface area contributed by atoms with Crippen molar-refractivity contribution in [3.05, 3.63) is 32.6 Å². The van der Waals surface area contributed by atoms with E-state index in [1.807, 2.05) is 0 Å². The molecule has 31 heavy (non-hydrogen) atoms. The summed E-state index contributed by atoms with van der Waals surface area (Å²) in [5, 5.41) is 18.9. The molecule has 3 atom stereocenters. The van der Waals surface area contributed by atoms with Crippen LogP contribution in [0, 0.1) is 0 Å². The van der Waals surface area contributed by atoms with Gasteiger partial charge in [-0.1, -0.05) is 17.0 Å². The average Bonchev–Trinajstić information content (AvgIpc) is 3.16. The number of aromatic amines is 1. The van der Waals surface area contributed by atoms with Crippen LogP contribution in [0.25, 0.3) is 0 Å². The van der Waals surface area contributed by atoms with Gasteiger partial charge in [0.2, 0.25) is 5.91 Å². The number of amides is 1. The molecule has 14 nitrogen and oxygen atoms in total. The van der Waals surface area contributed by atoms with Crippen LogP contribution in [-0.2, 0) is 38.8 Å². The molecular formula is C15H17N7O7S2. The monoisotopic (exact) mass is 471 g/mol. The standard InChI is InChI=1S/C15H17N7O7S2/c1-15(10(13(26)27)22-8(23)3-9(22)31(15,28)29)6-21-4-7(17-19-21)5-30-14-16-11(24)12(25)18-20(14)2/h4,9-10H,3,5-6H2,1-2H3,(H,18,25)(H,26,27)/t9-,10+,15+/m1/s1. The fraction of sp³-hybridized carbons (Fsp3) is 0.533. The molecule has 2 saturated heterocycles. The maximum Gasteiger partial charge on any atom is 0.339 e. The van der Waals surface area contributed by atoms with Crippen molar-refractivity contribution in [1.29, 1.82) is 0 Å². The molecule has 2 aliphatic rings. The minimum Gasteiger partial charge on any atom is -0.480 e. The summed E-state index contributed by atoms with van der Waals surface area (Å²) in [6, 6.07) is -1.52. The summed E-state index contributed by atoms with van der Waals surface area (Å²) in [7, 11) is -2.46. The van der Waals surface area contributed by atoms with E-state index >= 15 is 0 Å². The number of rotatable bonds is 6. The van der Waals surface area contributed by atoms with E-state index < -0.39 is 49.0 Å². The second-order valence-corrected chi connectivity index (χ2v) is 11.0. The van der Waals surface area contributed by atoms with Crippen LogP contribution in [0.5, 0.6) is 0 Å². The van der Waals surface area contributed by atoms with Gasteiger partial charge in [-0.2, -0.15) is 4.98 Å². The molecule has 2 aliphatic heterocycles. The highest BCUT2D eigenvalue weighted by Gasteiger charge is 2.70. The number of carbonyl (C=O) groups excluding carboxylic acids is 1. The maximum absolute atomic E-state index is 13.0. The van der Waals surface area contributed by atoms with Crippen molar-refractivity contribution in [2.75, 3.05) is 0 Å². The molecule has 0 bridgehead atoms. The first-order valence-corrected chi connectivity index (χ1v) is 11.5. The number of carbonyl (C=O) groups is 2.